The first-order valence-corrected chi connectivity index (χ1v) is 12.4. The number of nitrogens with zero attached hydrogens (tertiary/aromatic N) is 2. The Labute approximate surface area is 173 Å². The van der Waals surface area contributed by atoms with Gasteiger partial charge < -0.3 is 14.5 Å². The smallest absolute Gasteiger partial charge is 0.242 e. The van der Waals surface area contributed by atoms with Crippen molar-refractivity contribution >= 4 is 21.6 Å². The van der Waals surface area contributed by atoms with Crippen molar-refractivity contribution in [2.24, 2.45) is 0 Å². The van der Waals surface area contributed by atoms with Crippen molar-refractivity contribution in [1.82, 2.24) is 9.62 Å². The summed E-state index contributed by atoms with van der Waals surface area (Å²) in [7, 11) is -1.38. The summed E-state index contributed by atoms with van der Waals surface area (Å²) in [5.41, 5.74) is 2.43. The van der Waals surface area contributed by atoms with Gasteiger partial charge in [0.2, 0.25) is 15.9 Å². The van der Waals surface area contributed by atoms with Gasteiger partial charge in [0.15, 0.2) is 0 Å². The number of carbonyl (C=O) groups excluding carboxylic acids is 1. The number of hydrogen-bond donors (Lipinski definition) is 1. The fourth-order valence-electron chi connectivity index (χ4n) is 5.12. The molecule has 1 aromatic rings. The SMILES string of the molecule is CN1CC(=O)N2CCC(NS(C)(=O)=O)[C@@H]2CO[C@H]2CC[C@H](CC2)c2ccccc21. The van der Waals surface area contributed by atoms with Crippen molar-refractivity contribution in [3.8, 4) is 0 Å². The van der Waals surface area contributed by atoms with Crippen LogP contribution in [-0.4, -0.2) is 70.4 Å². The number of rotatable bonds is 2. The third kappa shape index (κ3) is 4.59. The van der Waals surface area contributed by atoms with Gasteiger partial charge in [-0.2, -0.15) is 0 Å². The van der Waals surface area contributed by atoms with Crippen LogP contribution in [-0.2, 0) is 19.6 Å². The van der Waals surface area contributed by atoms with Crippen LogP contribution < -0.4 is 9.62 Å². The Bertz CT molecular complexity index is 851. The first kappa shape index (κ1) is 20.6. The molecule has 2 atom stereocenters. The summed E-state index contributed by atoms with van der Waals surface area (Å²) in [6.07, 6.45) is 6.09. The van der Waals surface area contributed by atoms with E-state index in [0.29, 0.717) is 25.5 Å². The summed E-state index contributed by atoms with van der Waals surface area (Å²) < 4.78 is 32.6. The van der Waals surface area contributed by atoms with E-state index in [0.717, 1.165) is 31.4 Å². The number of para-hydroxylation sites is 1. The molecule has 1 aromatic carbocycles. The average Bonchev–Trinajstić information content (AvgIpc) is 3.07. The molecule has 3 heterocycles. The molecule has 7 nitrogen and oxygen atoms in total. The molecule has 2 bridgehead atoms. The zero-order chi connectivity index (χ0) is 20.6. The number of hydrogen-bond acceptors (Lipinski definition) is 5. The van der Waals surface area contributed by atoms with Gasteiger partial charge in [-0.15, -0.1) is 0 Å². The minimum atomic E-state index is -3.35. The highest BCUT2D eigenvalue weighted by Crippen LogP contribution is 2.39. The maximum atomic E-state index is 13.2. The van der Waals surface area contributed by atoms with Crippen molar-refractivity contribution in [3.63, 3.8) is 0 Å². The lowest BCUT2D eigenvalue weighted by molar-refractivity contribution is -0.132. The molecule has 1 saturated heterocycles. The van der Waals surface area contributed by atoms with Gasteiger partial charge in [0.25, 0.3) is 0 Å². The quantitative estimate of drug-likeness (QED) is 0.786. The molecule has 0 spiro atoms. The number of fused-ring (bicyclic) bond motifs is 5. The minimum Gasteiger partial charge on any atom is -0.376 e. The largest absolute Gasteiger partial charge is 0.376 e. The Hall–Kier alpha value is -1.64. The Morgan fingerprint density at radius 1 is 1.10 bits per heavy atom. The molecule has 5 rings (SSSR count). The fourth-order valence-corrected chi connectivity index (χ4v) is 5.94. The van der Waals surface area contributed by atoms with Crippen molar-refractivity contribution < 1.29 is 17.9 Å². The lowest BCUT2D eigenvalue weighted by atomic mass is 9.82. The Kier molecular flexibility index (Phi) is 5.86. The molecule has 1 aliphatic carbocycles. The van der Waals surface area contributed by atoms with E-state index in [1.165, 1.54) is 11.8 Å². The van der Waals surface area contributed by atoms with Crippen LogP contribution in [0.3, 0.4) is 0 Å². The normalized spacial score (nSPS) is 30.9. The number of carbonyl (C=O) groups is 1. The number of likely N-dealkylation sites (N-methyl/N-ethyl adjacent to an activating group) is 1. The van der Waals surface area contributed by atoms with Crippen LogP contribution in [0.25, 0.3) is 0 Å². The number of amides is 1. The molecular weight excluding hydrogens is 390 g/mol. The minimum absolute atomic E-state index is 0.0142. The Morgan fingerprint density at radius 2 is 1.83 bits per heavy atom. The lowest BCUT2D eigenvalue weighted by Crippen LogP contribution is -2.51. The summed E-state index contributed by atoms with van der Waals surface area (Å²) >= 11 is 0. The van der Waals surface area contributed by atoms with Gasteiger partial charge in [-0.1, -0.05) is 18.2 Å². The first-order valence-electron chi connectivity index (χ1n) is 10.5. The third-order valence-electron chi connectivity index (χ3n) is 6.57. The van der Waals surface area contributed by atoms with Crippen LogP contribution in [0, 0.1) is 0 Å². The van der Waals surface area contributed by atoms with E-state index in [4.69, 9.17) is 4.74 Å². The maximum absolute atomic E-state index is 13.2. The van der Waals surface area contributed by atoms with E-state index in [9.17, 15) is 13.2 Å². The predicted molar refractivity (Wildman–Crippen MR) is 113 cm³/mol. The molecule has 0 aromatic heterocycles. The topological polar surface area (TPSA) is 79.0 Å². The zero-order valence-corrected chi connectivity index (χ0v) is 18.0. The van der Waals surface area contributed by atoms with Gasteiger partial charge in [0.1, 0.15) is 0 Å². The Balaban J connectivity index is 1.63. The molecule has 0 radical (unpaired) electrons. The maximum Gasteiger partial charge on any atom is 0.242 e. The highest BCUT2D eigenvalue weighted by Gasteiger charge is 2.40. The van der Waals surface area contributed by atoms with Crippen molar-refractivity contribution in [2.45, 2.75) is 56.2 Å². The van der Waals surface area contributed by atoms with E-state index in [1.54, 1.807) is 0 Å². The monoisotopic (exact) mass is 421 g/mol. The van der Waals surface area contributed by atoms with E-state index in [2.05, 4.69) is 22.9 Å². The summed E-state index contributed by atoms with van der Waals surface area (Å²) in [5.74, 6) is 0.504. The number of anilines is 1. The summed E-state index contributed by atoms with van der Waals surface area (Å²) in [6, 6.07) is 7.82. The fraction of sp³-hybridized carbons (Fsp3) is 0.667. The number of ether oxygens (including phenoxy) is 1. The zero-order valence-electron chi connectivity index (χ0n) is 17.2. The van der Waals surface area contributed by atoms with Gasteiger partial charge >= 0.3 is 0 Å². The molecule has 1 unspecified atom stereocenters. The highest BCUT2D eigenvalue weighted by atomic mass is 32.2. The Morgan fingerprint density at radius 3 is 2.55 bits per heavy atom. The summed E-state index contributed by atoms with van der Waals surface area (Å²) in [4.78, 5) is 17.0. The molecule has 160 valence electrons. The van der Waals surface area contributed by atoms with Gasteiger partial charge in [-0.25, -0.2) is 13.1 Å². The van der Waals surface area contributed by atoms with Crippen molar-refractivity contribution in [3.05, 3.63) is 29.8 Å². The molecule has 8 heteroatoms. The molecule has 1 amide bonds. The molecule has 3 aliphatic heterocycles. The molecule has 1 saturated carbocycles. The van der Waals surface area contributed by atoms with Crippen molar-refractivity contribution in [2.75, 3.05) is 37.9 Å². The second kappa shape index (κ2) is 8.24. The van der Waals surface area contributed by atoms with Gasteiger partial charge in [-0.05, 0) is 49.7 Å². The first-order chi connectivity index (χ1) is 13.8. The van der Waals surface area contributed by atoms with Crippen LogP contribution in [0.1, 0.15) is 43.6 Å². The molecule has 1 N–H and O–H groups in total. The number of nitrogens with one attached hydrogen (secondary N) is 1. The summed E-state index contributed by atoms with van der Waals surface area (Å²) in [5, 5.41) is 0. The molecule has 4 aliphatic rings. The van der Waals surface area contributed by atoms with Crippen LogP contribution >= 0.6 is 0 Å². The van der Waals surface area contributed by atoms with E-state index >= 15 is 0 Å². The predicted octanol–water partition coefficient (Wildman–Crippen LogP) is 1.70. The summed E-state index contributed by atoms with van der Waals surface area (Å²) in [6.45, 7) is 1.20. The molecule has 2 fully saturated rings. The molecular formula is C21H31N3O4S. The average molecular weight is 422 g/mol. The second-order valence-electron chi connectivity index (χ2n) is 8.66. The van der Waals surface area contributed by atoms with Crippen LogP contribution in [0.4, 0.5) is 5.69 Å². The second-order valence-corrected chi connectivity index (χ2v) is 10.4. The molecule has 29 heavy (non-hydrogen) atoms. The van der Waals surface area contributed by atoms with E-state index in [-0.39, 0.29) is 30.6 Å². The number of sulfonamides is 1. The van der Waals surface area contributed by atoms with Crippen LogP contribution in [0.5, 0.6) is 0 Å². The van der Waals surface area contributed by atoms with Crippen molar-refractivity contribution in [1.29, 1.82) is 0 Å². The van der Waals surface area contributed by atoms with Gasteiger partial charge in [0, 0.05) is 25.3 Å². The van der Waals surface area contributed by atoms with E-state index in [1.807, 2.05) is 22.9 Å². The number of benzene rings is 1. The highest BCUT2D eigenvalue weighted by molar-refractivity contribution is 7.88. The van der Waals surface area contributed by atoms with Crippen LogP contribution in [0.15, 0.2) is 24.3 Å². The van der Waals surface area contributed by atoms with E-state index < -0.39 is 10.0 Å². The van der Waals surface area contributed by atoms with Gasteiger partial charge in [-0.3, -0.25) is 4.79 Å². The van der Waals surface area contributed by atoms with Gasteiger partial charge in [0.05, 0.1) is 31.6 Å². The lowest BCUT2D eigenvalue weighted by Gasteiger charge is -2.32. The van der Waals surface area contributed by atoms with Crippen LogP contribution in [0.2, 0.25) is 0 Å². The third-order valence-corrected chi connectivity index (χ3v) is 7.30. The standard InChI is InChI=1S/C21H31N3O4S/c1-23-13-21(25)24-12-11-18(22-29(2,26)27)20(24)14-28-16-9-7-15(8-10-16)17-5-3-4-6-19(17)23/h3-6,15-16,18,20,22H,7-14H2,1-2H3/t15-,16+,18?,20-/m0/s1.